The van der Waals surface area contributed by atoms with Crippen molar-refractivity contribution in [3.05, 3.63) is 36.5 Å². The lowest BCUT2D eigenvalue weighted by Gasteiger charge is -2.20. The van der Waals surface area contributed by atoms with Crippen LogP contribution in [-0.4, -0.2) is 65.7 Å². The summed E-state index contributed by atoms with van der Waals surface area (Å²) >= 11 is 0. The van der Waals surface area contributed by atoms with Gasteiger partial charge in [0.1, 0.15) is 12.7 Å². The van der Waals surface area contributed by atoms with E-state index in [1.807, 2.05) is 0 Å². The number of unbranched alkanes of at least 4 members (excludes halogenated alkanes) is 26. The van der Waals surface area contributed by atoms with Crippen molar-refractivity contribution in [1.82, 2.24) is 0 Å². The van der Waals surface area contributed by atoms with Crippen LogP contribution in [0.4, 0.5) is 0 Å². The zero-order valence-corrected chi connectivity index (χ0v) is 39.3. The lowest BCUT2D eigenvalue weighted by Crippen LogP contribution is -2.29. The third-order valence-electron chi connectivity index (χ3n) is 10.6. The van der Waals surface area contributed by atoms with Crippen molar-refractivity contribution >= 4 is 19.8 Å². The molecule has 3 unspecified atom stereocenters. The van der Waals surface area contributed by atoms with E-state index in [9.17, 15) is 24.2 Å². The van der Waals surface area contributed by atoms with Crippen molar-refractivity contribution in [1.29, 1.82) is 0 Å². The van der Waals surface area contributed by atoms with Crippen LogP contribution in [0, 0.1) is 0 Å². The highest BCUT2D eigenvalue weighted by Crippen LogP contribution is 2.43. The maximum absolute atomic E-state index is 12.6. The van der Waals surface area contributed by atoms with Gasteiger partial charge >= 0.3 is 19.8 Å². The van der Waals surface area contributed by atoms with Gasteiger partial charge in [-0.05, 0) is 44.9 Å². The van der Waals surface area contributed by atoms with Gasteiger partial charge in [-0.1, -0.05) is 204 Å². The van der Waals surface area contributed by atoms with Crippen molar-refractivity contribution in [3.8, 4) is 0 Å². The van der Waals surface area contributed by atoms with Crippen LogP contribution in [0.2, 0.25) is 0 Å². The molecule has 0 radical (unpaired) electrons. The molecule has 3 atom stereocenters. The monoisotopic (exact) mass is 871 g/mol. The second kappa shape index (κ2) is 45.2. The molecule has 0 bridgehead atoms. The lowest BCUT2D eigenvalue weighted by atomic mass is 10.0. The number of aliphatic hydroxyl groups excluding tert-OH is 2. The molecule has 0 saturated heterocycles. The van der Waals surface area contributed by atoms with Crippen LogP contribution in [0.25, 0.3) is 0 Å². The van der Waals surface area contributed by atoms with Gasteiger partial charge in [-0.2, -0.15) is 0 Å². The van der Waals surface area contributed by atoms with E-state index in [0.29, 0.717) is 12.8 Å². The lowest BCUT2D eigenvalue weighted by molar-refractivity contribution is -0.161. The Morgan fingerprint density at radius 3 is 1.38 bits per heavy atom. The van der Waals surface area contributed by atoms with Crippen molar-refractivity contribution in [2.75, 3.05) is 26.4 Å². The van der Waals surface area contributed by atoms with Crippen LogP contribution < -0.4 is 0 Å². The number of hydrogen-bond acceptors (Lipinski definition) is 9. The summed E-state index contributed by atoms with van der Waals surface area (Å²) in [6.07, 6.45) is 48.5. The molecule has 0 saturated carbocycles. The van der Waals surface area contributed by atoms with E-state index in [4.69, 9.17) is 23.6 Å². The molecule has 0 aromatic heterocycles. The average molecular weight is 871 g/mol. The molecule has 11 heteroatoms. The summed E-state index contributed by atoms with van der Waals surface area (Å²) in [5.74, 6) is -0.951. The minimum absolute atomic E-state index is 0.150. The summed E-state index contributed by atoms with van der Waals surface area (Å²) in [6, 6.07) is 0. The fourth-order valence-electron chi connectivity index (χ4n) is 6.83. The van der Waals surface area contributed by atoms with E-state index in [0.717, 1.165) is 57.8 Å². The standard InChI is InChI=1S/C49H91O10P/c1-3-5-7-9-11-13-15-17-18-19-20-21-22-23-24-25-26-27-29-30-32-34-36-38-40-48(52)56-44-47(45-58-60(54,55)57-43-46(51)42-50)59-49(53)41-39-37-35-33-31-28-16-14-12-10-8-6-4-2/h6,8,12,14,28,31,46-47,50-51H,3-5,7,9-11,13,15-27,29-30,32-45H2,1-2H3,(H,54,55)/b8-6-,14-12-,31-28-. The topological polar surface area (TPSA) is 149 Å². The van der Waals surface area contributed by atoms with Gasteiger partial charge in [-0.25, -0.2) is 4.57 Å². The summed E-state index contributed by atoms with van der Waals surface area (Å²) < 4.78 is 32.7. The zero-order valence-electron chi connectivity index (χ0n) is 38.4. The predicted octanol–water partition coefficient (Wildman–Crippen LogP) is 13.5. The van der Waals surface area contributed by atoms with Crippen LogP contribution >= 0.6 is 7.82 Å². The number of rotatable bonds is 46. The molecular weight excluding hydrogens is 780 g/mol. The molecule has 0 aliphatic rings. The van der Waals surface area contributed by atoms with E-state index < -0.39 is 51.8 Å². The number of hydrogen-bond donors (Lipinski definition) is 3. The second-order valence-electron chi connectivity index (χ2n) is 16.5. The van der Waals surface area contributed by atoms with E-state index in [1.165, 1.54) is 128 Å². The molecule has 0 spiro atoms. The Labute approximate surface area is 367 Å². The Morgan fingerprint density at radius 2 is 0.917 bits per heavy atom. The minimum atomic E-state index is -4.63. The van der Waals surface area contributed by atoms with E-state index in [2.05, 4.69) is 50.3 Å². The summed E-state index contributed by atoms with van der Waals surface area (Å²) in [5, 5.41) is 18.4. The first-order chi connectivity index (χ1) is 29.2. The first-order valence-corrected chi connectivity index (χ1v) is 25.9. The number of ether oxygens (including phenoxy) is 2. The number of carbonyl (C=O) groups is 2. The molecule has 0 aromatic rings. The Balaban J connectivity index is 4.11. The van der Waals surface area contributed by atoms with E-state index in [1.54, 1.807) is 0 Å². The maximum Gasteiger partial charge on any atom is 0.472 e. The Morgan fingerprint density at radius 1 is 0.517 bits per heavy atom. The molecule has 3 N–H and O–H groups in total. The molecule has 60 heavy (non-hydrogen) atoms. The number of esters is 2. The molecule has 0 amide bonds. The second-order valence-corrected chi connectivity index (χ2v) is 17.9. The minimum Gasteiger partial charge on any atom is -0.462 e. The molecular formula is C49H91O10P. The SMILES string of the molecule is CC/C=C\C/C=C\C/C=C\CCCCCC(=O)OC(COC(=O)CCCCCCCCCCCCCCCCCCCCCCCCCC)COP(=O)(O)OCC(O)CO. The van der Waals surface area contributed by atoms with Crippen LogP contribution in [0.1, 0.15) is 226 Å². The highest BCUT2D eigenvalue weighted by atomic mass is 31.2. The van der Waals surface area contributed by atoms with Gasteiger partial charge in [0.2, 0.25) is 0 Å². The molecule has 0 heterocycles. The van der Waals surface area contributed by atoms with Gasteiger partial charge in [-0.3, -0.25) is 18.6 Å². The fraction of sp³-hybridized carbons (Fsp3) is 0.837. The fourth-order valence-corrected chi connectivity index (χ4v) is 7.62. The van der Waals surface area contributed by atoms with Crippen molar-refractivity contribution in [3.63, 3.8) is 0 Å². The number of phosphoric ester groups is 1. The van der Waals surface area contributed by atoms with Crippen LogP contribution in [0.15, 0.2) is 36.5 Å². The van der Waals surface area contributed by atoms with Crippen molar-refractivity contribution in [2.24, 2.45) is 0 Å². The van der Waals surface area contributed by atoms with Crippen LogP contribution in [0.5, 0.6) is 0 Å². The van der Waals surface area contributed by atoms with E-state index in [-0.39, 0.29) is 19.4 Å². The van der Waals surface area contributed by atoms with Gasteiger partial charge < -0.3 is 24.6 Å². The zero-order chi connectivity index (χ0) is 44.0. The molecule has 0 aromatic carbocycles. The van der Waals surface area contributed by atoms with Crippen molar-refractivity contribution < 1.29 is 47.8 Å². The quantitative estimate of drug-likeness (QED) is 0.0234. The molecule has 10 nitrogen and oxygen atoms in total. The van der Waals surface area contributed by atoms with Gasteiger partial charge in [-0.15, -0.1) is 0 Å². The predicted molar refractivity (Wildman–Crippen MR) is 247 cm³/mol. The third-order valence-corrected chi connectivity index (χ3v) is 11.5. The summed E-state index contributed by atoms with van der Waals surface area (Å²) in [7, 11) is -4.63. The van der Waals surface area contributed by atoms with Gasteiger partial charge in [0.15, 0.2) is 6.10 Å². The van der Waals surface area contributed by atoms with Crippen molar-refractivity contribution in [2.45, 2.75) is 238 Å². The average Bonchev–Trinajstić information content (AvgIpc) is 3.24. The van der Waals surface area contributed by atoms with Crippen LogP contribution in [0.3, 0.4) is 0 Å². The summed E-state index contributed by atoms with van der Waals surface area (Å²) in [4.78, 5) is 35.0. The number of allylic oxidation sites excluding steroid dienone is 6. The van der Waals surface area contributed by atoms with Crippen LogP contribution in [-0.2, 0) is 32.7 Å². The third kappa shape index (κ3) is 44.3. The maximum atomic E-state index is 12.6. The number of phosphoric acid groups is 1. The Kier molecular flexibility index (Phi) is 43.9. The summed E-state index contributed by atoms with van der Waals surface area (Å²) in [6.45, 7) is 2.26. The van der Waals surface area contributed by atoms with Gasteiger partial charge in [0.05, 0.1) is 19.8 Å². The number of aliphatic hydroxyl groups is 2. The van der Waals surface area contributed by atoms with Gasteiger partial charge in [0, 0.05) is 12.8 Å². The molecule has 0 fully saturated rings. The highest BCUT2D eigenvalue weighted by Gasteiger charge is 2.27. The smallest absolute Gasteiger partial charge is 0.462 e. The normalized spacial score (nSPS) is 14.0. The first-order valence-electron chi connectivity index (χ1n) is 24.4. The van der Waals surface area contributed by atoms with Gasteiger partial charge in [0.25, 0.3) is 0 Å². The number of carbonyl (C=O) groups excluding carboxylic acids is 2. The highest BCUT2D eigenvalue weighted by molar-refractivity contribution is 7.47. The molecule has 0 aliphatic heterocycles. The summed E-state index contributed by atoms with van der Waals surface area (Å²) in [5.41, 5.74) is 0. The Hall–Kier alpha value is -1.81. The Bertz CT molecular complexity index is 1090. The molecule has 0 rings (SSSR count). The largest absolute Gasteiger partial charge is 0.472 e. The van der Waals surface area contributed by atoms with E-state index >= 15 is 0 Å². The molecule has 0 aliphatic carbocycles. The first kappa shape index (κ1) is 58.2. The molecule has 352 valence electrons.